The fraction of sp³-hybridized carbons (Fsp3) is 0.375. The summed E-state index contributed by atoms with van der Waals surface area (Å²) >= 11 is 6.38. The SMILES string of the molecule is Clc1nc(-c2ccc3c(c2)OCO3)nc2c1CCCCC2. The van der Waals surface area contributed by atoms with E-state index in [-0.39, 0.29) is 6.79 Å². The maximum atomic E-state index is 6.38. The molecule has 2 aromatic rings. The summed E-state index contributed by atoms with van der Waals surface area (Å²) in [6.07, 6.45) is 5.52. The Bertz CT molecular complexity index is 703. The van der Waals surface area contributed by atoms with Gasteiger partial charge in [0.05, 0.1) is 0 Å². The fourth-order valence-corrected chi connectivity index (χ4v) is 3.17. The summed E-state index contributed by atoms with van der Waals surface area (Å²) in [5.74, 6) is 2.17. The van der Waals surface area contributed by atoms with E-state index in [1.54, 1.807) is 0 Å². The number of hydrogen-bond donors (Lipinski definition) is 0. The molecule has 0 radical (unpaired) electrons. The molecule has 4 nitrogen and oxygen atoms in total. The summed E-state index contributed by atoms with van der Waals surface area (Å²) in [5, 5.41) is 0.592. The molecule has 1 aliphatic carbocycles. The minimum absolute atomic E-state index is 0.268. The fourth-order valence-electron chi connectivity index (χ4n) is 2.89. The molecule has 2 aliphatic rings. The van der Waals surface area contributed by atoms with Gasteiger partial charge in [0.2, 0.25) is 6.79 Å². The third-order valence-corrected chi connectivity index (χ3v) is 4.33. The first kappa shape index (κ1) is 12.9. The lowest BCUT2D eigenvalue weighted by molar-refractivity contribution is 0.174. The van der Waals surface area contributed by atoms with E-state index in [0.29, 0.717) is 11.0 Å². The van der Waals surface area contributed by atoms with Crippen molar-refractivity contribution in [1.29, 1.82) is 0 Å². The number of fused-ring (bicyclic) bond motifs is 2. The van der Waals surface area contributed by atoms with E-state index >= 15 is 0 Å². The largest absolute Gasteiger partial charge is 0.454 e. The van der Waals surface area contributed by atoms with Gasteiger partial charge in [-0.1, -0.05) is 18.0 Å². The molecule has 0 spiro atoms. The Morgan fingerprint density at radius 2 is 1.81 bits per heavy atom. The van der Waals surface area contributed by atoms with E-state index in [2.05, 4.69) is 4.98 Å². The minimum atomic E-state index is 0.268. The average molecular weight is 303 g/mol. The maximum Gasteiger partial charge on any atom is 0.231 e. The third kappa shape index (κ3) is 2.33. The second kappa shape index (κ2) is 5.19. The molecule has 5 heteroatoms. The van der Waals surface area contributed by atoms with E-state index in [0.717, 1.165) is 41.2 Å². The van der Waals surface area contributed by atoms with E-state index in [4.69, 9.17) is 26.1 Å². The Kier molecular flexibility index (Phi) is 3.19. The molecule has 0 amide bonds. The lowest BCUT2D eigenvalue weighted by Crippen LogP contribution is -2.02. The van der Waals surface area contributed by atoms with Crippen LogP contribution in [0.15, 0.2) is 18.2 Å². The molecule has 108 valence electrons. The van der Waals surface area contributed by atoms with Gasteiger partial charge in [-0.15, -0.1) is 0 Å². The van der Waals surface area contributed by atoms with Crippen LogP contribution in [0.2, 0.25) is 5.15 Å². The summed E-state index contributed by atoms with van der Waals surface area (Å²) in [7, 11) is 0. The maximum absolute atomic E-state index is 6.38. The van der Waals surface area contributed by atoms with Gasteiger partial charge in [0.1, 0.15) is 5.15 Å². The molecular weight excluding hydrogens is 288 g/mol. The Hall–Kier alpha value is -1.81. The molecule has 21 heavy (non-hydrogen) atoms. The average Bonchev–Trinajstić information content (AvgIpc) is 2.83. The standard InChI is InChI=1S/C16H15ClN2O2/c17-15-11-4-2-1-3-5-12(11)18-16(19-15)10-6-7-13-14(8-10)21-9-20-13/h6-8H,1-5,9H2. The summed E-state index contributed by atoms with van der Waals surface area (Å²) in [6.45, 7) is 0.268. The zero-order valence-corrected chi connectivity index (χ0v) is 12.3. The predicted molar refractivity (Wildman–Crippen MR) is 79.9 cm³/mol. The molecular formula is C16H15ClN2O2. The monoisotopic (exact) mass is 302 g/mol. The van der Waals surface area contributed by atoms with Crippen molar-refractivity contribution in [3.05, 3.63) is 34.6 Å². The predicted octanol–water partition coefficient (Wildman–Crippen LogP) is 3.79. The Morgan fingerprint density at radius 3 is 2.76 bits per heavy atom. The Balaban J connectivity index is 1.78. The molecule has 0 atom stereocenters. The van der Waals surface area contributed by atoms with Crippen molar-refractivity contribution >= 4 is 11.6 Å². The van der Waals surface area contributed by atoms with Crippen LogP contribution in [0.3, 0.4) is 0 Å². The zero-order valence-electron chi connectivity index (χ0n) is 11.6. The molecule has 0 N–H and O–H groups in total. The van der Waals surface area contributed by atoms with Crippen LogP contribution in [-0.2, 0) is 12.8 Å². The van der Waals surface area contributed by atoms with Crippen LogP contribution in [0, 0.1) is 0 Å². The number of ether oxygens (including phenoxy) is 2. The smallest absolute Gasteiger partial charge is 0.231 e. The minimum Gasteiger partial charge on any atom is -0.454 e. The number of aromatic nitrogens is 2. The van der Waals surface area contributed by atoms with E-state index in [9.17, 15) is 0 Å². The lowest BCUT2D eigenvalue weighted by atomic mass is 10.1. The quantitative estimate of drug-likeness (QED) is 0.594. The van der Waals surface area contributed by atoms with Crippen LogP contribution in [0.4, 0.5) is 0 Å². The molecule has 0 saturated heterocycles. The highest BCUT2D eigenvalue weighted by Crippen LogP contribution is 2.36. The van der Waals surface area contributed by atoms with Gasteiger partial charge in [-0.3, -0.25) is 0 Å². The van der Waals surface area contributed by atoms with Crippen LogP contribution in [0.5, 0.6) is 11.5 Å². The van der Waals surface area contributed by atoms with Crippen molar-refractivity contribution in [2.24, 2.45) is 0 Å². The second-order valence-electron chi connectivity index (χ2n) is 5.39. The number of halogens is 1. The Morgan fingerprint density at radius 1 is 0.952 bits per heavy atom. The number of hydrogen-bond acceptors (Lipinski definition) is 4. The van der Waals surface area contributed by atoms with Crippen LogP contribution in [-0.4, -0.2) is 16.8 Å². The molecule has 0 bridgehead atoms. The highest BCUT2D eigenvalue weighted by atomic mass is 35.5. The molecule has 1 aliphatic heterocycles. The van der Waals surface area contributed by atoms with Crippen LogP contribution < -0.4 is 9.47 Å². The lowest BCUT2D eigenvalue weighted by Gasteiger charge is -2.10. The van der Waals surface area contributed by atoms with Gasteiger partial charge >= 0.3 is 0 Å². The summed E-state index contributed by atoms with van der Waals surface area (Å²) < 4.78 is 10.7. The molecule has 0 unspecified atom stereocenters. The van der Waals surface area contributed by atoms with Gasteiger partial charge in [-0.05, 0) is 43.9 Å². The molecule has 1 aromatic carbocycles. The first-order chi connectivity index (χ1) is 10.3. The van der Waals surface area contributed by atoms with Crippen LogP contribution >= 0.6 is 11.6 Å². The normalized spacial score (nSPS) is 16.4. The Labute approximate surface area is 128 Å². The topological polar surface area (TPSA) is 44.2 Å². The number of nitrogens with zero attached hydrogens (tertiary/aromatic N) is 2. The van der Waals surface area contributed by atoms with Gasteiger partial charge in [0.25, 0.3) is 0 Å². The van der Waals surface area contributed by atoms with Crippen LogP contribution in [0.1, 0.15) is 30.5 Å². The van der Waals surface area contributed by atoms with Gasteiger partial charge in [0, 0.05) is 16.8 Å². The number of rotatable bonds is 1. The van der Waals surface area contributed by atoms with Gasteiger partial charge in [-0.2, -0.15) is 0 Å². The molecule has 1 aromatic heterocycles. The summed E-state index contributed by atoms with van der Waals surface area (Å²) in [5.41, 5.74) is 3.13. The van der Waals surface area contributed by atoms with Crippen molar-refractivity contribution < 1.29 is 9.47 Å². The zero-order chi connectivity index (χ0) is 14.2. The van der Waals surface area contributed by atoms with E-state index in [1.165, 1.54) is 19.3 Å². The van der Waals surface area contributed by atoms with Gasteiger partial charge in [0.15, 0.2) is 17.3 Å². The molecule has 4 rings (SSSR count). The summed E-state index contributed by atoms with van der Waals surface area (Å²) in [4.78, 5) is 9.22. The molecule has 0 fully saturated rings. The van der Waals surface area contributed by atoms with Crippen molar-refractivity contribution in [3.8, 4) is 22.9 Å². The highest BCUT2D eigenvalue weighted by Gasteiger charge is 2.19. The number of benzene rings is 1. The first-order valence-corrected chi connectivity index (χ1v) is 7.64. The summed E-state index contributed by atoms with van der Waals surface area (Å²) in [6, 6.07) is 5.75. The number of aryl methyl sites for hydroxylation is 1. The first-order valence-electron chi connectivity index (χ1n) is 7.26. The van der Waals surface area contributed by atoms with Crippen molar-refractivity contribution in [3.63, 3.8) is 0 Å². The second-order valence-corrected chi connectivity index (χ2v) is 5.75. The van der Waals surface area contributed by atoms with Crippen molar-refractivity contribution in [2.45, 2.75) is 32.1 Å². The molecule has 2 heterocycles. The van der Waals surface area contributed by atoms with Gasteiger partial charge < -0.3 is 9.47 Å². The van der Waals surface area contributed by atoms with E-state index < -0.39 is 0 Å². The van der Waals surface area contributed by atoms with E-state index in [1.807, 2.05) is 18.2 Å². The molecule has 0 saturated carbocycles. The van der Waals surface area contributed by atoms with Crippen molar-refractivity contribution in [2.75, 3.05) is 6.79 Å². The van der Waals surface area contributed by atoms with Crippen LogP contribution in [0.25, 0.3) is 11.4 Å². The van der Waals surface area contributed by atoms with Crippen molar-refractivity contribution in [1.82, 2.24) is 9.97 Å². The highest BCUT2D eigenvalue weighted by molar-refractivity contribution is 6.30. The third-order valence-electron chi connectivity index (χ3n) is 4.01. The van der Waals surface area contributed by atoms with Gasteiger partial charge in [-0.25, -0.2) is 9.97 Å².